The third-order valence-corrected chi connectivity index (χ3v) is 7.50. The van der Waals surface area contributed by atoms with Gasteiger partial charge in [0, 0.05) is 21.7 Å². The number of carbonyl (C=O) groups is 1. The number of para-hydroxylation sites is 1. The predicted molar refractivity (Wildman–Crippen MR) is 133 cm³/mol. The Hall–Kier alpha value is -3.15. The molecule has 0 saturated carbocycles. The molecule has 0 aliphatic carbocycles. The van der Waals surface area contributed by atoms with Crippen LogP contribution in [0.4, 0.5) is 0 Å². The number of aliphatic carboxylic acids is 1. The number of fused-ring (bicyclic) bond motifs is 1. The highest BCUT2D eigenvalue weighted by Crippen LogP contribution is 2.41. The number of likely N-dealkylation sites (tertiary alicyclic amines) is 1. The van der Waals surface area contributed by atoms with E-state index in [9.17, 15) is 9.90 Å². The third-order valence-electron chi connectivity index (χ3n) is 6.33. The average molecular weight is 458 g/mol. The summed E-state index contributed by atoms with van der Waals surface area (Å²) in [5.74, 6) is -0.197. The molecule has 4 nitrogen and oxygen atoms in total. The van der Waals surface area contributed by atoms with E-state index in [1.54, 1.807) is 11.3 Å². The Morgan fingerprint density at radius 3 is 2.61 bits per heavy atom. The summed E-state index contributed by atoms with van der Waals surface area (Å²) in [6, 6.07) is 29.0. The number of hydrogen-bond donors (Lipinski definition) is 1. The van der Waals surface area contributed by atoms with E-state index in [1.807, 2.05) is 36.4 Å². The number of carboxylic acid groups (broad SMARTS) is 1. The van der Waals surface area contributed by atoms with Crippen molar-refractivity contribution in [2.75, 3.05) is 13.1 Å². The van der Waals surface area contributed by atoms with E-state index in [1.165, 1.54) is 15.0 Å². The molecule has 1 saturated heterocycles. The lowest BCUT2D eigenvalue weighted by Crippen LogP contribution is -2.41. The summed E-state index contributed by atoms with van der Waals surface area (Å²) in [6.45, 7) is 1.91. The standard InChI is InChI=1S/C28H27NO3S/c30-28(31)22-12-8-16-29(18-22)27(26-17-21-11-4-7-15-25(21)33-26)23-13-5-6-14-24(23)32-19-20-9-2-1-3-10-20/h1-7,9-11,13-15,17,22,27H,8,12,16,18-19H2,(H,30,31). The molecule has 1 aliphatic rings. The lowest BCUT2D eigenvalue weighted by Gasteiger charge is -2.37. The van der Waals surface area contributed by atoms with E-state index in [4.69, 9.17) is 4.74 Å². The molecule has 0 amide bonds. The molecule has 4 aromatic rings. The molecular weight excluding hydrogens is 430 g/mol. The molecule has 0 bridgehead atoms. The van der Waals surface area contributed by atoms with Gasteiger partial charge in [0.05, 0.1) is 12.0 Å². The van der Waals surface area contributed by atoms with Gasteiger partial charge in [-0.05, 0) is 48.5 Å². The maximum atomic E-state index is 11.8. The Labute approximate surface area is 198 Å². The minimum atomic E-state index is -0.705. The smallest absolute Gasteiger partial charge is 0.307 e. The van der Waals surface area contributed by atoms with Crippen LogP contribution in [0.2, 0.25) is 0 Å². The third kappa shape index (κ3) is 4.80. The normalized spacial score (nSPS) is 17.6. The van der Waals surface area contributed by atoms with E-state index < -0.39 is 5.97 Å². The summed E-state index contributed by atoms with van der Waals surface area (Å²) in [7, 11) is 0. The largest absolute Gasteiger partial charge is 0.489 e. The molecule has 33 heavy (non-hydrogen) atoms. The highest BCUT2D eigenvalue weighted by atomic mass is 32.1. The first-order valence-corrected chi connectivity index (χ1v) is 12.2. The van der Waals surface area contributed by atoms with Crippen LogP contribution in [0.25, 0.3) is 10.1 Å². The van der Waals surface area contributed by atoms with Crippen LogP contribution in [-0.4, -0.2) is 29.1 Å². The first kappa shape index (κ1) is 21.7. The molecule has 1 fully saturated rings. The quantitative estimate of drug-likeness (QED) is 0.350. The Balaban J connectivity index is 1.54. The van der Waals surface area contributed by atoms with Crippen LogP contribution in [0.1, 0.15) is 34.9 Å². The van der Waals surface area contributed by atoms with Crippen LogP contribution in [0.15, 0.2) is 84.9 Å². The number of piperidine rings is 1. The van der Waals surface area contributed by atoms with Gasteiger partial charge in [0.25, 0.3) is 0 Å². The van der Waals surface area contributed by atoms with Gasteiger partial charge in [0.15, 0.2) is 0 Å². The van der Waals surface area contributed by atoms with E-state index in [0.29, 0.717) is 13.2 Å². The Bertz CT molecular complexity index is 1200. The van der Waals surface area contributed by atoms with Crippen LogP contribution >= 0.6 is 11.3 Å². The average Bonchev–Trinajstić information content (AvgIpc) is 3.28. The van der Waals surface area contributed by atoms with Crippen LogP contribution < -0.4 is 4.74 Å². The second-order valence-electron chi connectivity index (χ2n) is 8.57. The Kier molecular flexibility index (Phi) is 6.42. The fourth-order valence-electron chi connectivity index (χ4n) is 4.68. The lowest BCUT2D eigenvalue weighted by molar-refractivity contribution is -0.143. The molecule has 1 N–H and O–H groups in total. The number of ether oxygens (including phenoxy) is 1. The zero-order chi connectivity index (χ0) is 22.6. The van der Waals surface area contributed by atoms with Gasteiger partial charge in [-0.1, -0.05) is 66.7 Å². The second kappa shape index (κ2) is 9.77. The summed E-state index contributed by atoms with van der Waals surface area (Å²) < 4.78 is 7.57. The number of benzene rings is 3. The number of thiophene rings is 1. The minimum absolute atomic E-state index is 0.0449. The molecule has 168 valence electrons. The van der Waals surface area contributed by atoms with Crippen LogP contribution in [0.5, 0.6) is 5.75 Å². The van der Waals surface area contributed by atoms with Crippen molar-refractivity contribution in [1.82, 2.24) is 4.90 Å². The van der Waals surface area contributed by atoms with Crippen LogP contribution in [0.3, 0.4) is 0 Å². The van der Waals surface area contributed by atoms with Crippen molar-refractivity contribution in [2.45, 2.75) is 25.5 Å². The summed E-state index contributed by atoms with van der Waals surface area (Å²) in [6.07, 6.45) is 1.61. The van der Waals surface area contributed by atoms with Crippen LogP contribution in [0, 0.1) is 5.92 Å². The molecule has 3 aromatic carbocycles. The maximum Gasteiger partial charge on any atom is 0.307 e. The Morgan fingerprint density at radius 2 is 1.79 bits per heavy atom. The van der Waals surface area contributed by atoms with E-state index in [2.05, 4.69) is 53.4 Å². The topological polar surface area (TPSA) is 49.8 Å². The van der Waals surface area contributed by atoms with Crippen molar-refractivity contribution in [3.05, 3.63) is 101 Å². The van der Waals surface area contributed by atoms with Crippen molar-refractivity contribution in [2.24, 2.45) is 5.92 Å². The van der Waals surface area contributed by atoms with Crippen molar-refractivity contribution in [1.29, 1.82) is 0 Å². The molecular formula is C28H27NO3S. The molecule has 2 unspecified atom stereocenters. The van der Waals surface area contributed by atoms with Crippen molar-refractivity contribution < 1.29 is 14.6 Å². The monoisotopic (exact) mass is 457 g/mol. The van der Waals surface area contributed by atoms with Gasteiger partial charge in [-0.2, -0.15) is 0 Å². The van der Waals surface area contributed by atoms with Gasteiger partial charge in [0.1, 0.15) is 12.4 Å². The fourth-order valence-corrected chi connectivity index (χ4v) is 5.90. The summed E-state index contributed by atoms with van der Waals surface area (Å²) in [4.78, 5) is 15.4. The second-order valence-corrected chi connectivity index (χ2v) is 9.69. The zero-order valence-corrected chi connectivity index (χ0v) is 19.2. The van der Waals surface area contributed by atoms with Gasteiger partial charge in [-0.3, -0.25) is 9.69 Å². The fraction of sp³-hybridized carbons (Fsp3) is 0.250. The molecule has 0 radical (unpaired) electrons. The van der Waals surface area contributed by atoms with Crippen molar-refractivity contribution >= 4 is 27.4 Å². The maximum absolute atomic E-state index is 11.8. The number of carboxylic acids is 1. The molecule has 2 heterocycles. The van der Waals surface area contributed by atoms with Gasteiger partial charge in [0.2, 0.25) is 0 Å². The first-order valence-electron chi connectivity index (χ1n) is 11.4. The van der Waals surface area contributed by atoms with E-state index >= 15 is 0 Å². The van der Waals surface area contributed by atoms with Crippen molar-refractivity contribution in [3.8, 4) is 5.75 Å². The SMILES string of the molecule is O=C(O)C1CCCN(C(c2cc3ccccc3s2)c2ccccc2OCc2ccccc2)C1. The van der Waals surface area contributed by atoms with Gasteiger partial charge >= 0.3 is 5.97 Å². The van der Waals surface area contributed by atoms with Crippen molar-refractivity contribution in [3.63, 3.8) is 0 Å². The summed E-state index contributed by atoms with van der Waals surface area (Å²) in [5.41, 5.74) is 2.21. The molecule has 0 spiro atoms. The molecule has 1 aromatic heterocycles. The lowest BCUT2D eigenvalue weighted by atomic mass is 9.93. The molecule has 5 heteroatoms. The van der Waals surface area contributed by atoms with Crippen LogP contribution in [-0.2, 0) is 11.4 Å². The van der Waals surface area contributed by atoms with Gasteiger partial charge in [-0.25, -0.2) is 0 Å². The molecule has 1 aliphatic heterocycles. The zero-order valence-electron chi connectivity index (χ0n) is 18.4. The number of nitrogens with zero attached hydrogens (tertiary/aromatic N) is 1. The van der Waals surface area contributed by atoms with Gasteiger partial charge in [-0.15, -0.1) is 11.3 Å². The number of hydrogen-bond acceptors (Lipinski definition) is 4. The predicted octanol–water partition coefficient (Wildman–Crippen LogP) is 6.37. The minimum Gasteiger partial charge on any atom is -0.489 e. The highest BCUT2D eigenvalue weighted by Gasteiger charge is 2.33. The molecule has 2 atom stereocenters. The first-order chi connectivity index (χ1) is 16.2. The summed E-state index contributed by atoms with van der Waals surface area (Å²) in [5, 5.41) is 10.9. The number of rotatable bonds is 7. The van der Waals surface area contributed by atoms with E-state index in [-0.39, 0.29) is 12.0 Å². The summed E-state index contributed by atoms with van der Waals surface area (Å²) >= 11 is 1.78. The highest BCUT2D eigenvalue weighted by molar-refractivity contribution is 7.19. The Morgan fingerprint density at radius 1 is 1.03 bits per heavy atom. The van der Waals surface area contributed by atoms with E-state index in [0.717, 1.165) is 36.3 Å². The molecule has 5 rings (SSSR count). The van der Waals surface area contributed by atoms with Gasteiger partial charge < -0.3 is 9.84 Å².